The third-order valence-electron chi connectivity index (χ3n) is 3.74. The van der Waals surface area contributed by atoms with E-state index in [1.54, 1.807) is 0 Å². The van der Waals surface area contributed by atoms with Crippen molar-refractivity contribution < 1.29 is 4.74 Å². The monoisotopic (exact) mass is 249 g/mol. The van der Waals surface area contributed by atoms with E-state index >= 15 is 0 Å². The van der Waals surface area contributed by atoms with Crippen molar-refractivity contribution in [2.24, 2.45) is 0 Å². The number of hydrogen-bond acceptors (Lipinski definition) is 3. The standard InChI is InChI=1S/C14H23N3O/c1-16-6-7-18-14(10-16)11-17-5-4-12(9-17)8-15-13-2-3-13/h4-5,9,13-15H,2-3,6-8,10-11H2,1H3. The summed E-state index contributed by atoms with van der Waals surface area (Å²) < 4.78 is 8.05. The minimum atomic E-state index is 0.334. The Bertz CT molecular complexity index is 386. The number of nitrogens with zero attached hydrogens (tertiary/aromatic N) is 2. The Hall–Kier alpha value is -0.840. The Labute approximate surface area is 109 Å². The van der Waals surface area contributed by atoms with Gasteiger partial charge in [0.25, 0.3) is 0 Å². The molecule has 1 saturated carbocycles. The molecule has 2 aliphatic rings. The molecule has 1 aromatic heterocycles. The molecule has 18 heavy (non-hydrogen) atoms. The van der Waals surface area contributed by atoms with Crippen LogP contribution in [0.1, 0.15) is 18.4 Å². The van der Waals surface area contributed by atoms with E-state index in [1.807, 2.05) is 0 Å². The van der Waals surface area contributed by atoms with E-state index in [2.05, 4.69) is 40.3 Å². The summed E-state index contributed by atoms with van der Waals surface area (Å²) in [6.45, 7) is 4.92. The number of hydrogen-bond donors (Lipinski definition) is 1. The van der Waals surface area contributed by atoms with Crippen LogP contribution in [0.15, 0.2) is 18.5 Å². The van der Waals surface area contributed by atoms with Gasteiger partial charge in [-0.2, -0.15) is 0 Å². The van der Waals surface area contributed by atoms with Gasteiger partial charge in [-0.05, 0) is 31.5 Å². The Balaban J connectivity index is 1.49. The Morgan fingerprint density at radius 3 is 3.11 bits per heavy atom. The molecule has 0 aromatic carbocycles. The van der Waals surface area contributed by atoms with Crippen LogP contribution in [0, 0.1) is 0 Å². The Morgan fingerprint density at radius 2 is 2.33 bits per heavy atom. The van der Waals surface area contributed by atoms with E-state index in [1.165, 1.54) is 18.4 Å². The third-order valence-corrected chi connectivity index (χ3v) is 3.74. The molecule has 1 atom stereocenters. The number of rotatable bonds is 5. The van der Waals surface area contributed by atoms with Crippen molar-refractivity contribution in [1.82, 2.24) is 14.8 Å². The predicted molar refractivity (Wildman–Crippen MR) is 71.5 cm³/mol. The molecular weight excluding hydrogens is 226 g/mol. The molecule has 3 rings (SSSR count). The molecule has 4 nitrogen and oxygen atoms in total. The first-order valence-corrected chi connectivity index (χ1v) is 6.98. The topological polar surface area (TPSA) is 29.4 Å². The summed E-state index contributed by atoms with van der Waals surface area (Å²) in [4.78, 5) is 2.34. The normalized spacial score (nSPS) is 25.5. The van der Waals surface area contributed by atoms with Gasteiger partial charge in [0.2, 0.25) is 0 Å². The minimum Gasteiger partial charge on any atom is -0.374 e. The molecule has 0 spiro atoms. The smallest absolute Gasteiger partial charge is 0.0880 e. The first-order valence-electron chi connectivity index (χ1n) is 6.98. The van der Waals surface area contributed by atoms with Gasteiger partial charge in [-0.25, -0.2) is 0 Å². The molecule has 1 aliphatic heterocycles. The van der Waals surface area contributed by atoms with Crippen molar-refractivity contribution in [1.29, 1.82) is 0 Å². The van der Waals surface area contributed by atoms with Gasteiger partial charge in [0, 0.05) is 44.6 Å². The summed E-state index contributed by atoms with van der Waals surface area (Å²) in [5.74, 6) is 0. The molecule has 1 aromatic rings. The molecule has 1 unspecified atom stereocenters. The lowest BCUT2D eigenvalue weighted by Crippen LogP contribution is -2.41. The summed E-state index contributed by atoms with van der Waals surface area (Å²) in [6.07, 6.45) is 7.45. The number of ether oxygens (including phenoxy) is 1. The number of morpholine rings is 1. The maximum Gasteiger partial charge on any atom is 0.0880 e. The van der Waals surface area contributed by atoms with Crippen molar-refractivity contribution >= 4 is 0 Å². The molecule has 1 aliphatic carbocycles. The fourth-order valence-corrected chi connectivity index (χ4v) is 2.47. The van der Waals surface area contributed by atoms with Gasteiger partial charge in [0.15, 0.2) is 0 Å². The van der Waals surface area contributed by atoms with Gasteiger partial charge in [-0.3, -0.25) is 0 Å². The van der Waals surface area contributed by atoms with E-state index in [9.17, 15) is 0 Å². The number of aromatic nitrogens is 1. The summed E-state index contributed by atoms with van der Waals surface area (Å²) in [7, 11) is 2.16. The van der Waals surface area contributed by atoms with Crippen LogP contribution < -0.4 is 5.32 Å². The first kappa shape index (κ1) is 12.2. The second-order valence-electron chi connectivity index (χ2n) is 5.63. The van der Waals surface area contributed by atoms with Crippen LogP contribution in [-0.2, 0) is 17.8 Å². The molecule has 0 amide bonds. The fraction of sp³-hybridized carbons (Fsp3) is 0.714. The summed E-state index contributed by atoms with van der Waals surface area (Å²) >= 11 is 0. The highest BCUT2D eigenvalue weighted by atomic mass is 16.5. The quantitative estimate of drug-likeness (QED) is 0.846. The van der Waals surface area contributed by atoms with E-state index in [4.69, 9.17) is 4.74 Å². The van der Waals surface area contributed by atoms with Crippen LogP contribution in [0.5, 0.6) is 0 Å². The summed E-state index contributed by atoms with van der Waals surface area (Å²) in [5.41, 5.74) is 1.38. The zero-order valence-electron chi connectivity index (χ0n) is 11.1. The minimum absolute atomic E-state index is 0.334. The third kappa shape index (κ3) is 3.34. The summed E-state index contributed by atoms with van der Waals surface area (Å²) in [5, 5.41) is 3.54. The maximum absolute atomic E-state index is 5.79. The molecule has 1 saturated heterocycles. The largest absolute Gasteiger partial charge is 0.374 e. The summed E-state index contributed by atoms with van der Waals surface area (Å²) in [6, 6.07) is 2.99. The first-order chi connectivity index (χ1) is 8.79. The highest BCUT2D eigenvalue weighted by Crippen LogP contribution is 2.19. The van der Waals surface area contributed by atoms with Crippen LogP contribution >= 0.6 is 0 Å². The Kier molecular flexibility index (Phi) is 3.68. The lowest BCUT2D eigenvalue weighted by Gasteiger charge is -2.30. The zero-order chi connectivity index (χ0) is 12.4. The molecular formula is C14H23N3O. The van der Waals surface area contributed by atoms with Crippen LogP contribution in [0.3, 0.4) is 0 Å². The second-order valence-corrected chi connectivity index (χ2v) is 5.63. The molecule has 4 heteroatoms. The van der Waals surface area contributed by atoms with Crippen molar-refractivity contribution in [3.63, 3.8) is 0 Å². The van der Waals surface area contributed by atoms with E-state index in [0.717, 1.165) is 38.8 Å². The maximum atomic E-state index is 5.79. The molecule has 100 valence electrons. The highest BCUT2D eigenvalue weighted by Gasteiger charge is 2.20. The number of nitrogens with one attached hydrogen (secondary N) is 1. The van der Waals surface area contributed by atoms with E-state index in [0.29, 0.717) is 6.10 Å². The van der Waals surface area contributed by atoms with Crippen LogP contribution in [-0.4, -0.2) is 48.4 Å². The van der Waals surface area contributed by atoms with E-state index < -0.39 is 0 Å². The zero-order valence-corrected chi connectivity index (χ0v) is 11.1. The lowest BCUT2D eigenvalue weighted by atomic mass is 10.3. The van der Waals surface area contributed by atoms with Gasteiger partial charge in [0.1, 0.15) is 0 Å². The van der Waals surface area contributed by atoms with Crippen LogP contribution in [0.25, 0.3) is 0 Å². The Morgan fingerprint density at radius 1 is 1.44 bits per heavy atom. The SMILES string of the molecule is CN1CCOC(Cn2ccc(CNC3CC3)c2)C1. The second kappa shape index (κ2) is 5.43. The predicted octanol–water partition coefficient (Wildman–Crippen LogP) is 1.07. The van der Waals surface area contributed by atoms with Gasteiger partial charge in [-0.15, -0.1) is 0 Å². The average Bonchev–Trinajstić information content (AvgIpc) is 3.08. The van der Waals surface area contributed by atoms with Gasteiger partial charge in [-0.1, -0.05) is 0 Å². The average molecular weight is 249 g/mol. The molecule has 0 radical (unpaired) electrons. The van der Waals surface area contributed by atoms with Crippen molar-refractivity contribution in [2.45, 2.75) is 38.1 Å². The van der Waals surface area contributed by atoms with E-state index in [-0.39, 0.29) is 0 Å². The van der Waals surface area contributed by atoms with Gasteiger partial charge >= 0.3 is 0 Å². The molecule has 1 N–H and O–H groups in total. The van der Waals surface area contributed by atoms with Crippen LogP contribution in [0.4, 0.5) is 0 Å². The van der Waals surface area contributed by atoms with Crippen LogP contribution in [0.2, 0.25) is 0 Å². The number of likely N-dealkylation sites (N-methyl/N-ethyl adjacent to an activating group) is 1. The molecule has 0 bridgehead atoms. The van der Waals surface area contributed by atoms with Gasteiger partial charge < -0.3 is 19.5 Å². The fourth-order valence-electron chi connectivity index (χ4n) is 2.47. The lowest BCUT2D eigenvalue weighted by molar-refractivity contribution is -0.0274. The molecule has 2 fully saturated rings. The highest BCUT2D eigenvalue weighted by molar-refractivity contribution is 5.10. The molecule has 2 heterocycles. The van der Waals surface area contributed by atoms with Crippen molar-refractivity contribution in [3.05, 3.63) is 24.0 Å². The van der Waals surface area contributed by atoms with Crippen molar-refractivity contribution in [2.75, 3.05) is 26.7 Å². The van der Waals surface area contributed by atoms with Gasteiger partial charge in [0.05, 0.1) is 12.7 Å². The van der Waals surface area contributed by atoms with Crippen molar-refractivity contribution in [3.8, 4) is 0 Å².